The third kappa shape index (κ3) is 8.78. The molecule has 0 saturated carbocycles. The van der Waals surface area contributed by atoms with Gasteiger partial charge in [0.25, 0.3) is 0 Å². The minimum absolute atomic E-state index is 0.000501. The molecular formula is C15H30N2O2. The fourth-order valence-corrected chi connectivity index (χ4v) is 1.53. The number of carbonyl (C=O) groups is 1. The molecule has 19 heavy (non-hydrogen) atoms. The van der Waals surface area contributed by atoms with Gasteiger partial charge in [-0.15, -0.1) is 0 Å². The molecule has 1 heterocycles. The van der Waals surface area contributed by atoms with Crippen LogP contribution in [0.25, 0.3) is 0 Å². The number of carbonyl (C=O) groups excluding carboxylic acids is 1. The van der Waals surface area contributed by atoms with Gasteiger partial charge >= 0.3 is 0 Å². The van der Waals surface area contributed by atoms with Crippen LogP contribution >= 0.6 is 0 Å². The highest BCUT2D eigenvalue weighted by Gasteiger charge is 2.09. The molecule has 0 aliphatic carbocycles. The van der Waals surface area contributed by atoms with Crippen molar-refractivity contribution in [2.75, 3.05) is 32.8 Å². The van der Waals surface area contributed by atoms with E-state index in [9.17, 15) is 4.79 Å². The molecule has 1 saturated heterocycles. The Morgan fingerprint density at radius 1 is 1.26 bits per heavy atom. The molecule has 0 aromatic heterocycles. The number of hydrogen-bond donors (Lipinski definition) is 1. The maximum Gasteiger partial charge on any atom is 0.243 e. The zero-order valence-corrected chi connectivity index (χ0v) is 13.1. The second-order valence-corrected chi connectivity index (χ2v) is 4.86. The SMILES string of the molecule is CC.CC(C)C(C)NC(=O)/C=C/CN1CCOCC1. The van der Waals surface area contributed by atoms with Crippen LogP contribution in [0.1, 0.15) is 34.6 Å². The van der Waals surface area contributed by atoms with Crippen LogP contribution in [0.15, 0.2) is 12.2 Å². The van der Waals surface area contributed by atoms with Crippen LogP contribution in [-0.2, 0) is 9.53 Å². The quantitative estimate of drug-likeness (QED) is 0.778. The number of nitrogens with one attached hydrogen (secondary N) is 1. The predicted molar refractivity (Wildman–Crippen MR) is 80.2 cm³/mol. The standard InChI is InChI=1S/C13H24N2O2.C2H6/c1-11(2)12(3)14-13(16)5-4-6-15-7-9-17-10-8-15;1-2/h4-5,11-12H,6-10H2,1-3H3,(H,14,16);1-2H3/b5-4+;. The number of hydrogen-bond acceptors (Lipinski definition) is 3. The summed E-state index contributed by atoms with van der Waals surface area (Å²) in [6, 6.07) is 0.218. The first-order valence-corrected chi connectivity index (χ1v) is 7.36. The van der Waals surface area contributed by atoms with Gasteiger partial charge in [-0.25, -0.2) is 0 Å². The molecule has 4 heteroatoms. The van der Waals surface area contributed by atoms with Crippen molar-refractivity contribution in [2.24, 2.45) is 5.92 Å². The average Bonchev–Trinajstić information content (AvgIpc) is 2.42. The van der Waals surface area contributed by atoms with E-state index in [0.29, 0.717) is 5.92 Å². The molecule has 1 rings (SSSR count). The molecule has 0 aromatic carbocycles. The summed E-state index contributed by atoms with van der Waals surface area (Å²) in [6.45, 7) is 14.5. The van der Waals surface area contributed by atoms with Crippen LogP contribution in [0, 0.1) is 5.92 Å². The minimum atomic E-state index is -0.000501. The topological polar surface area (TPSA) is 41.6 Å². The monoisotopic (exact) mass is 270 g/mol. The highest BCUT2D eigenvalue weighted by Crippen LogP contribution is 2.00. The highest BCUT2D eigenvalue weighted by molar-refractivity contribution is 5.87. The Hall–Kier alpha value is -0.870. The van der Waals surface area contributed by atoms with Gasteiger partial charge < -0.3 is 10.1 Å². The van der Waals surface area contributed by atoms with Gasteiger partial charge in [-0.3, -0.25) is 9.69 Å². The van der Waals surface area contributed by atoms with Gasteiger partial charge in [-0.1, -0.05) is 33.8 Å². The third-order valence-corrected chi connectivity index (χ3v) is 3.11. The van der Waals surface area contributed by atoms with E-state index in [1.54, 1.807) is 6.08 Å². The molecule has 1 unspecified atom stereocenters. The van der Waals surface area contributed by atoms with Gasteiger partial charge in [-0.2, -0.15) is 0 Å². The van der Waals surface area contributed by atoms with Gasteiger partial charge in [0.2, 0.25) is 5.91 Å². The van der Waals surface area contributed by atoms with Crippen molar-refractivity contribution in [3.05, 3.63) is 12.2 Å². The second-order valence-electron chi connectivity index (χ2n) is 4.86. The lowest BCUT2D eigenvalue weighted by atomic mass is 10.1. The largest absolute Gasteiger partial charge is 0.379 e. The van der Waals surface area contributed by atoms with Crippen LogP contribution in [0.2, 0.25) is 0 Å². The van der Waals surface area contributed by atoms with Crippen molar-refractivity contribution >= 4 is 5.91 Å². The van der Waals surface area contributed by atoms with Gasteiger partial charge in [0.15, 0.2) is 0 Å². The fourth-order valence-electron chi connectivity index (χ4n) is 1.53. The lowest BCUT2D eigenvalue weighted by Gasteiger charge is -2.25. The van der Waals surface area contributed by atoms with Crippen molar-refractivity contribution < 1.29 is 9.53 Å². The van der Waals surface area contributed by atoms with E-state index in [-0.39, 0.29) is 11.9 Å². The van der Waals surface area contributed by atoms with Crippen molar-refractivity contribution in [3.8, 4) is 0 Å². The van der Waals surface area contributed by atoms with Gasteiger partial charge in [0.1, 0.15) is 0 Å². The maximum atomic E-state index is 11.6. The summed E-state index contributed by atoms with van der Waals surface area (Å²) in [4.78, 5) is 13.8. The van der Waals surface area contributed by atoms with Crippen LogP contribution in [0.3, 0.4) is 0 Å². The summed E-state index contributed by atoms with van der Waals surface area (Å²) >= 11 is 0. The Labute approximate surface area is 118 Å². The lowest BCUT2D eigenvalue weighted by Crippen LogP contribution is -2.37. The van der Waals surface area contributed by atoms with E-state index in [0.717, 1.165) is 32.8 Å². The summed E-state index contributed by atoms with van der Waals surface area (Å²) in [7, 11) is 0. The Morgan fingerprint density at radius 3 is 2.37 bits per heavy atom. The van der Waals surface area contributed by atoms with Gasteiger partial charge in [0.05, 0.1) is 13.2 Å². The molecular weight excluding hydrogens is 240 g/mol. The van der Waals surface area contributed by atoms with Gasteiger partial charge in [0, 0.05) is 31.8 Å². The average molecular weight is 270 g/mol. The van der Waals surface area contributed by atoms with Crippen molar-refractivity contribution in [1.82, 2.24) is 10.2 Å². The highest BCUT2D eigenvalue weighted by atomic mass is 16.5. The van der Waals surface area contributed by atoms with Crippen molar-refractivity contribution in [2.45, 2.75) is 40.7 Å². The fraction of sp³-hybridized carbons (Fsp3) is 0.800. The molecule has 1 N–H and O–H groups in total. The molecule has 4 nitrogen and oxygen atoms in total. The Kier molecular flexibility index (Phi) is 10.5. The summed E-state index contributed by atoms with van der Waals surface area (Å²) in [5.41, 5.74) is 0. The molecule has 112 valence electrons. The Morgan fingerprint density at radius 2 is 1.84 bits per heavy atom. The molecule has 1 fully saturated rings. The van der Waals surface area contributed by atoms with E-state index in [1.165, 1.54) is 0 Å². The Balaban J connectivity index is 0.00000154. The third-order valence-electron chi connectivity index (χ3n) is 3.11. The number of morpholine rings is 1. The lowest BCUT2D eigenvalue weighted by molar-refractivity contribution is -0.117. The minimum Gasteiger partial charge on any atom is -0.379 e. The normalized spacial score (nSPS) is 18.0. The van der Waals surface area contributed by atoms with Crippen molar-refractivity contribution in [1.29, 1.82) is 0 Å². The zero-order valence-electron chi connectivity index (χ0n) is 13.1. The smallest absolute Gasteiger partial charge is 0.243 e. The maximum absolute atomic E-state index is 11.6. The first-order valence-electron chi connectivity index (χ1n) is 7.36. The summed E-state index contributed by atoms with van der Waals surface area (Å²) in [5.74, 6) is 0.464. The summed E-state index contributed by atoms with van der Waals surface area (Å²) in [5, 5.41) is 2.95. The van der Waals surface area contributed by atoms with E-state index in [2.05, 4.69) is 24.1 Å². The molecule has 1 amide bonds. The molecule has 1 atom stereocenters. The van der Waals surface area contributed by atoms with Crippen LogP contribution in [0.5, 0.6) is 0 Å². The molecule has 0 spiro atoms. The number of ether oxygens (including phenoxy) is 1. The number of amides is 1. The second kappa shape index (κ2) is 11.0. The number of nitrogens with zero attached hydrogens (tertiary/aromatic N) is 1. The summed E-state index contributed by atoms with van der Waals surface area (Å²) in [6.07, 6.45) is 3.56. The van der Waals surface area contributed by atoms with Crippen molar-refractivity contribution in [3.63, 3.8) is 0 Å². The summed E-state index contributed by atoms with van der Waals surface area (Å²) < 4.78 is 5.26. The predicted octanol–water partition coefficient (Wildman–Crippen LogP) is 2.06. The first kappa shape index (κ1) is 18.1. The molecule has 1 aliphatic rings. The van der Waals surface area contributed by atoms with E-state index in [1.807, 2.05) is 26.8 Å². The van der Waals surface area contributed by atoms with E-state index >= 15 is 0 Å². The first-order chi connectivity index (χ1) is 9.09. The number of rotatable bonds is 5. The van der Waals surface area contributed by atoms with Crippen LogP contribution in [0.4, 0.5) is 0 Å². The molecule has 0 bridgehead atoms. The van der Waals surface area contributed by atoms with Crippen LogP contribution in [-0.4, -0.2) is 49.7 Å². The zero-order chi connectivity index (χ0) is 14.7. The molecule has 0 aromatic rings. The van der Waals surface area contributed by atoms with Gasteiger partial charge in [-0.05, 0) is 12.8 Å². The molecule has 1 aliphatic heterocycles. The molecule has 0 radical (unpaired) electrons. The van der Waals surface area contributed by atoms with Crippen LogP contribution < -0.4 is 5.32 Å². The van der Waals surface area contributed by atoms with E-state index in [4.69, 9.17) is 4.74 Å². The van der Waals surface area contributed by atoms with E-state index < -0.39 is 0 Å². The Bertz CT molecular complexity index is 259.